The van der Waals surface area contributed by atoms with Crippen molar-refractivity contribution in [2.75, 3.05) is 28.8 Å². The van der Waals surface area contributed by atoms with Gasteiger partial charge < -0.3 is 31.2 Å². The van der Waals surface area contributed by atoms with Crippen molar-refractivity contribution in [1.29, 1.82) is 0 Å². The molecule has 1 fully saturated rings. The molecule has 0 radical (unpaired) electrons. The minimum Gasteiger partial charge on any atom is -0.493 e. The molecule has 1 aliphatic rings. The fraction of sp³-hybridized carbons (Fsp3) is 0.348. The number of hydrogen-bond donors (Lipinski definition) is 4. The maximum absolute atomic E-state index is 14.5. The Bertz CT molecular complexity index is 1180. The second-order valence-corrected chi connectivity index (χ2v) is 8.32. The molecule has 13 heteroatoms. The van der Waals surface area contributed by atoms with E-state index in [1.807, 2.05) is 0 Å². The number of ether oxygens (including phenoxy) is 2. The van der Waals surface area contributed by atoms with E-state index < -0.39 is 53.3 Å². The van der Waals surface area contributed by atoms with Crippen molar-refractivity contribution in [3.63, 3.8) is 0 Å². The van der Waals surface area contributed by atoms with Crippen molar-refractivity contribution in [2.24, 2.45) is 5.92 Å². The third kappa shape index (κ3) is 4.65. The van der Waals surface area contributed by atoms with Gasteiger partial charge in [-0.05, 0) is 25.1 Å². The first kappa shape index (κ1) is 26.7. The van der Waals surface area contributed by atoms with Crippen LogP contribution < -0.4 is 26.4 Å². The van der Waals surface area contributed by atoms with Crippen LogP contribution in [0.1, 0.15) is 25.3 Å². The van der Waals surface area contributed by atoms with Gasteiger partial charge in [0, 0.05) is 17.4 Å². The van der Waals surface area contributed by atoms with E-state index in [-0.39, 0.29) is 28.3 Å². The minimum atomic E-state index is -3.02. The number of nitrogens with one attached hydrogen (secondary N) is 3. The molecule has 2 aromatic rings. The molecule has 0 bridgehead atoms. The van der Waals surface area contributed by atoms with E-state index in [4.69, 9.17) is 15.2 Å². The first-order valence-corrected chi connectivity index (χ1v) is 10.6. The Morgan fingerprint density at radius 1 is 1.14 bits per heavy atom. The topological polar surface area (TPSA) is 132 Å². The van der Waals surface area contributed by atoms with E-state index in [2.05, 4.69) is 16.0 Å². The molecular formula is C23H24F4N4O5. The number of benzene rings is 2. The molecule has 0 spiro atoms. The predicted octanol–water partition coefficient (Wildman–Crippen LogP) is 3.47. The van der Waals surface area contributed by atoms with Gasteiger partial charge in [-0.3, -0.25) is 14.4 Å². The molecule has 2 aromatic carbocycles. The zero-order valence-electron chi connectivity index (χ0n) is 19.4. The zero-order valence-corrected chi connectivity index (χ0v) is 19.4. The SMILES string of the molecule is COc1c([C@H]2[C@H](C(=O)Nc3cc(NC=O)c(NC=O)cc3N)O[C@@](C)(C(F)F)[C@H]2C)ccc(F)c1F. The Labute approximate surface area is 203 Å². The average Bonchev–Trinajstić information content (AvgIpc) is 3.10. The summed E-state index contributed by atoms with van der Waals surface area (Å²) in [5.74, 6) is -6.21. The highest BCUT2D eigenvalue weighted by Gasteiger charge is 2.58. The number of alkyl halides is 2. The van der Waals surface area contributed by atoms with Crippen molar-refractivity contribution in [2.45, 2.75) is 37.9 Å². The van der Waals surface area contributed by atoms with Crippen LogP contribution in [0.15, 0.2) is 24.3 Å². The fourth-order valence-electron chi connectivity index (χ4n) is 4.28. The Morgan fingerprint density at radius 2 is 1.75 bits per heavy atom. The smallest absolute Gasteiger partial charge is 0.267 e. The van der Waals surface area contributed by atoms with E-state index in [1.54, 1.807) is 0 Å². The zero-order chi connectivity index (χ0) is 26.8. The molecule has 5 N–H and O–H groups in total. The Kier molecular flexibility index (Phi) is 7.72. The summed E-state index contributed by atoms with van der Waals surface area (Å²) in [5.41, 5.74) is 3.97. The summed E-state index contributed by atoms with van der Waals surface area (Å²) in [4.78, 5) is 35.1. The number of nitrogen functional groups attached to an aromatic ring is 1. The van der Waals surface area contributed by atoms with Crippen LogP contribution in [0.4, 0.5) is 40.3 Å². The molecule has 194 valence electrons. The summed E-state index contributed by atoms with van der Waals surface area (Å²) in [7, 11) is 1.08. The number of anilines is 4. The monoisotopic (exact) mass is 512 g/mol. The summed E-state index contributed by atoms with van der Waals surface area (Å²) >= 11 is 0. The third-order valence-corrected chi connectivity index (χ3v) is 6.36. The number of halogens is 4. The van der Waals surface area contributed by atoms with Gasteiger partial charge in [0.2, 0.25) is 18.6 Å². The van der Waals surface area contributed by atoms with Gasteiger partial charge in [-0.1, -0.05) is 13.0 Å². The van der Waals surface area contributed by atoms with Crippen molar-refractivity contribution in [1.82, 2.24) is 0 Å². The lowest BCUT2D eigenvalue weighted by atomic mass is 9.77. The average molecular weight is 512 g/mol. The maximum Gasteiger partial charge on any atom is 0.267 e. The molecule has 0 unspecified atom stereocenters. The van der Waals surface area contributed by atoms with Crippen molar-refractivity contribution in [3.8, 4) is 5.75 Å². The van der Waals surface area contributed by atoms with E-state index >= 15 is 0 Å². The highest BCUT2D eigenvalue weighted by molar-refractivity contribution is 6.01. The number of methoxy groups -OCH3 is 1. The van der Waals surface area contributed by atoms with Crippen LogP contribution in [0.5, 0.6) is 5.75 Å². The molecular weight excluding hydrogens is 488 g/mol. The first-order valence-electron chi connectivity index (χ1n) is 10.6. The molecule has 0 aliphatic carbocycles. The molecule has 0 saturated carbocycles. The largest absolute Gasteiger partial charge is 0.493 e. The van der Waals surface area contributed by atoms with E-state index in [9.17, 15) is 31.9 Å². The van der Waals surface area contributed by atoms with E-state index in [0.29, 0.717) is 12.8 Å². The van der Waals surface area contributed by atoms with Crippen molar-refractivity contribution < 1.29 is 41.4 Å². The van der Waals surface area contributed by atoms with Crippen molar-refractivity contribution in [3.05, 3.63) is 41.5 Å². The van der Waals surface area contributed by atoms with Gasteiger partial charge in [-0.2, -0.15) is 4.39 Å². The highest BCUT2D eigenvalue weighted by Crippen LogP contribution is 2.51. The number of hydrogen-bond acceptors (Lipinski definition) is 6. The van der Waals surface area contributed by atoms with E-state index in [1.165, 1.54) is 19.1 Å². The second-order valence-electron chi connectivity index (χ2n) is 8.32. The predicted molar refractivity (Wildman–Crippen MR) is 123 cm³/mol. The Morgan fingerprint density at radius 3 is 2.31 bits per heavy atom. The first-order chi connectivity index (χ1) is 17.0. The maximum atomic E-state index is 14.5. The summed E-state index contributed by atoms with van der Waals surface area (Å²) in [6, 6.07) is 4.46. The second kappa shape index (κ2) is 10.4. The molecule has 1 saturated heterocycles. The molecule has 9 nitrogen and oxygen atoms in total. The number of amides is 3. The van der Waals surface area contributed by atoms with Crippen LogP contribution in [0.2, 0.25) is 0 Å². The van der Waals surface area contributed by atoms with Gasteiger partial charge in [-0.15, -0.1) is 0 Å². The summed E-state index contributed by atoms with van der Waals surface area (Å²) in [6.07, 6.45) is -3.94. The van der Waals surface area contributed by atoms with Crippen LogP contribution in [0.25, 0.3) is 0 Å². The van der Waals surface area contributed by atoms with Crippen molar-refractivity contribution >= 4 is 41.5 Å². The van der Waals surface area contributed by atoms with Gasteiger partial charge in [0.05, 0.1) is 29.9 Å². The molecule has 1 heterocycles. The standard InChI is InChI=1S/C23H24F4N4O5/c1-10-17(11-4-5-12(24)18(25)19(11)35-3)20(36-23(10,2)22(26)27)21(34)31-14-7-16(30-9-33)15(29-8-32)6-13(14)28/h4-10,17,20,22H,28H2,1-3H3,(H,29,32)(H,30,33)(H,31,34)/t10-,17-,20+,23+/m0/s1. The Balaban J connectivity index is 2.06. The van der Waals surface area contributed by atoms with Crippen LogP contribution in [-0.2, 0) is 19.1 Å². The van der Waals surface area contributed by atoms with Gasteiger partial charge in [-0.25, -0.2) is 13.2 Å². The van der Waals surface area contributed by atoms with E-state index in [0.717, 1.165) is 26.2 Å². The molecule has 4 atom stereocenters. The number of carbonyl (C=O) groups is 3. The quantitative estimate of drug-likeness (QED) is 0.231. The van der Waals surface area contributed by atoms with Crippen LogP contribution in [0, 0.1) is 17.6 Å². The minimum absolute atomic E-state index is 0.0290. The van der Waals surface area contributed by atoms with Gasteiger partial charge in [0.1, 0.15) is 11.7 Å². The number of rotatable bonds is 9. The lowest BCUT2D eigenvalue weighted by Gasteiger charge is -2.28. The van der Waals surface area contributed by atoms with Crippen LogP contribution in [-0.4, -0.2) is 44.0 Å². The summed E-state index contributed by atoms with van der Waals surface area (Å²) < 4.78 is 67.0. The number of carbonyl (C=O) groups excluding carboxylic acids is 3. The fourth-order valence-corrected chi connectivity index (χ4v) is 4.28. The molecule has 0 aromatic heterocycles. The van der Waals surface area contributed by atoms with Gasteiger partial charge in [0.25, 0.3) is 12.3 Å². The van der Waals surface area contributed by atoms with Gasteiger partial charge >= 0.3 is 0 Å². The summed E-state index contributed by atoms with van der Waals surface area (Å²) in [6.45, 7) is 2.53. The molecule has 1 aliphatic heterocycles. The highest BCUT2D eigenvalue weighted by atomic mass is 19.3. The van der Waals surface area contributed by atoms with Gasteiger partial charge in [0.15, 0.2) is 11.6 Å². The lowest BCUT2D eigenvalue weighted by Crippen LogP contribution is -2.40. The third-order valence-electron chi connectivity index (χ3n) is 6.36. The molecule has 36 heavy (non-hydrogen) atoms. The normalized spacial score (nSPS) is 23.3. The van der Waals surface area contributed by atoms with Crippen LogP contribution >= 0.6 is 0 Å². The number of nitrogens with two attached hydrogens (primary N) is 1. The van der Waals surface area contributed by atoms with Crippen LogP contribution in [0.3, 0.4) is 0 Å². The Hall–Kier alpha value is -3.87. The molecule has 3 amide bonds. The summed E-state index contributed by atoms with van der Waals surface area (Å²) in [5, 5.41) is 7.14. The molecule has 3 rings (SSSR count). The lowest BCUT2D eigenvalue weighted by molar-refractivity contribution is -0.151.